The Hall–Kier alpha value is -3.68. The fraction of sp³-hybridized carbons (Fsp3) is 0.333. The molecule has 4 rings (SSSR count). The fourth-order valence-electron chi connectivity index (χ4n) is 4.21. The van der Waals surface area contributed by atoms with E-state index in [-0.39, 0.29) is 24.5 Å². The maximum Gasteiger partial charge on any atom is 0.338 e. The number of fused-ring (bicyclic) bond motifs is 1. The van der Waals surface area contributed by atoms with Crippen LogP contribution < -0.4 is 10.6 Å². The number of nitrogens with zero attached hydrogens (tertiary/aromatic N) is 1. The first kappa shape index (κ1) is 21.5. The SMILES string of the molecule is CCOC(=O)c1ccc(NC(=O)Nc2ccc3c(c2)C(=O)N(C2CCCCC2)C3=O)cc1. The third-order valence-electron chi connectivity index (χ3n) is 5.77. The van der Waals surface area contributed by atoms with Crippen LogP contribution in [0.15, 0.2) is 42.5 Å². The summed E-state index contributed by atoms with van der Waals surface area (Å²) in [5.41, 5.74) is 1.99. The van der Waals surface area contributed by atoms with E-state index in [0.717, 1.165) is 32.1 Å². The number of ether oxygens (including phenoxy) is 1. The number of esters is 1. The lowest BCUT2D eigenvalue weighted by Gasteiger charge is -2.29. The van der Waals surface area contributed by atoms with E-state index in [2.05, 4.69) is 10.6 Å². The van der Waals surface area contributed by atoms with Gasteiger partial charge in [0.15, 0.2) is 0 Å². The number of rotatable bonds is 5. The van der Waals surface area contributed by atoms with Gasteiger partial charge in [-0.25, -0.2) is 9.59 Å². The minimum Gasteiger partial charge on any atom is -0.462 e. The smallest absolute Gasteiger partial charge is 0.338 e. The van der Waals surface area contributed by atoms with Gasteiger partial charge in [0, 0.05) is 17.4 Å². The standard InChI is InChI=1S/C24H25N3O5/c1-2-32-23(30)15-8-10-16(11-9-15)25-24(31)26-17-12-13-19-20(14-17)22(29)27(21(19)28)18-6-4-3-5-7-18/h8-14,18H,2-7H2,1H3,(H2,25,26,31). The highest BCUT2D eigenvalue weighted by Crippen LogP contribution is 2.32. The molecular formula is C24H25N3O5. The lowest BCUT2D eigenvalue weighted by atomic mass is 9.94. The van der Waals surface area contributed by atoms with Crippen molar-refractivity contribution in [2.45, 2.75) is 45.1 Å². The molecule has 0 atom stereocenters. The highest BCUT2D eigenvalue weighted by atomic mass is 16.5. The van der Waals surface area contributed by atoms with Crippen molar-refractivity contribution in [3.8, 4) is 0 Å². The predicted octanol–water partition coefficient (Wildman–Crippen LogP) is 4.44. The van der Waals surface area contributed by atoms with Crippen molar-refractivity contribution in [3.05, 3.63) is 59.2 Å². The van der Waals surface area contributed by atoms with Crippen LogP contribution in [0.4, 0.5) is 16.2 Å². The largest absolute Gasteiger partial charge is 0.462 e. The molecular weight excluding hydrogens is 410 g/mol. The number of imide groups is 1. The Morgan fingerprint density at radius 2 is 1.53 bits per heavy atom. The minimum atomic E-state index is -0.505. The summed E-state index contributed by atoms with van der Waals surface area (Å²) in [6.45, 7) is 2.02. The van der Waals surface area contributed by atoms with Gasteiger partial charge in [-0.1, -0.05) is 19.3 Å². The number of benzene rings is 2. The highest BCUT2D eigenvalue weighted by Gasteiger charge is 2.40. The normalized spacial score (nSPS) is 16.0. The molecule has 1 saturated carbocycles. The summed E-state index contributed by atoms with van der Waals surface area (Å²) in [7, 11) is 0. The van der Waals surface area contributed by atoms with Crippen LogP contribution in [-0.2, 0) is 4.74 Å². The topological polar surface area (TPSA) is 105 Å². The first-order valence-electron chi connectivity index (χ1n) is 10.8. The number of urea groups is 1. The van der Waals surface area contributed by atoms with Crippen molar-refractivity contribution >= 4 is 35.2 Å². The number of nitrogens with one attached hydrogen (secondary N) is 2. The van der Waals surface area contributed by atoms with Crippen LogP contribution in [0.2, 0.25) is 0 Å². The Balaban J connectivity index is 1.41. The highest BCUT2D eigenvalue weighted by molar-refractivity contribution is 6.22. The first-order chi connectivity index (χ1) is 15.5. The third-order valence-corrected chi connectivity index (χ3v) is 5.77. The van der Waals surface area contributed by atoms with Crippen molar-refractivity contribution in [2.24, 2.45) is 0 Å². The molecule has 166 valence electrons. The van der Waals surface area contributed by atoms with Gasteiger partial charge in [-0.3, -0.25) is 14.5 Å². The van der Waals surface area contributed by atoms with Gasteiger partial charge in [0.05, 0.1) is 23.3 Å². The molecule has 0 unspecified atom stereocenters. The van der Waals surface area contributed by atoms with Gasteiger partial charge in [0.25, 0.3) is 11.8 Å². The fourth-order valence-corrected chi connectivity index (χ4v) is 4.21. The van der Waals surface area contributed by atoms with E-state index < -0.39 is 12.0 Å². The molecule has 0 bridgehead atoms. The van der Waals surface area contributed by atoms with Crippen molar-refractivity contribution in [2.75, 3.05) is 17.2 Å². The Kier molecular flexibility index (Phi) is 6.20. The first-order valence-corrected chi connectivity index (χ1v) is 10.8. The zero-order valence-electron chi connectivity index (χ0n) is 17.8. The van der Waals surface area contributed by atoms with Crippen LogP contribution in [0, 0.1) is 0 Å². The minimum absolute atomic E-state index is 0.0477. The van der Waals surface area contributed by atoms with Crippen molar-refractivity contribution in [3.63, 3.8) is 0 Å². The van der Waals surface area contributed by atoms with Crippen LogP contribution in [0.5, 0.6) is 0 Å². The molecule has 1 aliphatic carbocycles. The monoisotopic (exact) mass is 435 g/mol. The second kappa shape index (κ2) is 9.21. The van der Waals surface area contributed by atoms with E-state index in [1.165, 1.54) is 4.90 Å². The molecule has 1 aliphatic heterocycles. The van der Waals surface area contributed by atoms with Crippen LogP contribution in [0.1, 0.15) is 70.1 Å². The van der Waals surface area contributed by atoms with Crippen molar-refractivity contribution < 1.29 is 23.9 Å². The van der Waals surface area contributed by atoms with Crippen molar-refractivity contribution in [1.29, 1.82) is 0 Å². The number of carbonyl (C=O) groups excluding carboxylic acids is 4. The zero-order chi connectivity index (χ0) is 22.7. The average molecular weight is 435 g/mol. The maximum atomic E-state index is 12.9. The van der Waals surface area contributed by atoms with E-state index in [9.17, 15) is 19.2 Å². The second-order valence-corrected chi connectivity index (χ2v) is 7.91. The molecule has 0 aromatic heterocycles. The lowest BCUT2D eigenvalue weighted by molar-refractivity contribution is 0.0521. The molecule has 8 nitrogen and oxygen atoms in total. The molecule has 4 amide bonds. The maximum absolute atomic E-state index is 12.9. The number of carbonyl (C=O) groups is 4. The third kappa shape index (κ3) is 4.34. The molecule has 32 heavy (non-hydrogen) atoms. The average Bonchev–Trinajstić information content (AvgIpc) is 3.04. The van der Waals surface area contributed by atoms with Gasteiger partial charge < -0.3 is 15.4 Å². The van der Waals surface area contributed by atoms with Gasteiger partial charge in [-0.2, -0.15) is 0 Å². The van der Waals surface area contributed by atoms with Gasteiger partial charge >= 0.3 is 12.0 Å². The van der Waals surface area contributed by atoms with E-state index in [1.807, 2.05) is 0 Å². The van der Waals surface area contributed by atoms with Gasteiger partial charge in [0.1, 0.15) is 0 Å². The van der Waals surface area contributed by atoms with Crippen LogP contribution >= 0.6 is 0 Å². The van der Waals surface area contributed by atoms with E-state index >= 15 is 0 Å². The van der Waals surface area contributed by atoms with Crippen molar-refractivity contribution in [1.82, 2.24) is 4.90 Å². The molecule has 0 radical (unpaired) electrons. The number of anilines is 2. The Bertz CT molecular complexity index is 1060. The second-order valence-electron chi connectivity index (χ2n) is 7.91. The summed E-state index contributed by atoms with van der Waals surface area (Å²) in [6.07, 6.45) is 4.86. The lowest BCUT2D eigenvalue weighted by Crippen LogP contribution is -2.40. The molecule has 1 heterocycles. The van der Waals surface area contributed by atoms with Gasteiger partial charge in [0.2, 0.25) is 0 Å². The Morgan fingerprint density at radius 1 is 0.906 bits per heavy atom. The summed E-state index contributed by atoms with van der Waals surface area (Å²) >= 11 is 0. The molecule has 2 aromatic rings. The molecule has 8 heteroatoms. The number of hydrogen-bond donors (Lipinski definition) is 2. The van der Waals surface area contributed by atoms with E-state index in [0.29, 0.717) is 28.1 Å². The zero-order valence-corrected chi connectivity index (χ0v) is 17.8. The molecule has 2 N–H and O–H groups in total. The van der Waals surface area contributed by atoms with E-state index in [1.54, 1.807) is 49.4 Å². The Morgan fingerprint density at radius 3 is 2.22 bits per heavy atom. The molecule has 0 saturated heterocycles. The quantitative estimate of drug-likeness (QED) is 0.534. The van der Waals surface area contributed by atoms with Gasteiger partial charge in [-0.15, -0.1) is 0 Å². The molecule has 2 aromatic carbocycles. The summed E-state index contributed by atoms with van der Waals surface area (Å²) in [6, 6.07) is 10.5. The molecule has 2 aliphatic rings. The van der Waals surface area contributed by atoms with Crippen LogP contribution in [-0.4, -0.2) is 41.4 Å². The Labute approximate surface area is 185 Å². The molecule has 0 spiro atoms. The summed E-state index contributed by atoms with van der Waals surface area (Å²) < 4.78 is 4.93. The summed E-state index contributed by atoms with van der Waals surface area (Å²) in [5.74, 6) is -0.978. The predicted molar refractivity (Wildman–Crippen MR) is 119 cm³/mol. The summed E-state index contributed by atoms with van der Waals surface area (Å²) in [5, 5.41) is 5.36. The summed E-state index contributed by atoms with van der Waals surface area (Å²) in [4.78, 5) is 51.2. The number of hydrogen-bond acceptors (Lipinski definition) is 5. The van der Waals surface area contributed by atoms with E-state index in [4.69, 9.17) is 4.74 Å². The van der Waals surface area contributed by atoms with Crippen LogP contribution in [0.25, 0.3) is 0 Å². The van der Waals surface area contributed by atoms with Gasteiger partial charge in [-0.05, 0) is 62.2 Å². The number of amides is 4. The van der Waals surface area contributed by atoms with Crippen LogP contribution in [0.3, 0.4) is 0 Å². The molecule has 1 fully saturated rings.